The number of nitrogens with zero attached hydrogens (tertiary/aromatic N) is 1. The molecule has 5 heteroatoms. The number of hydrogen-bond acceptors (Lipinski definition) is 3. The zero-order valence-corrected chi connectivity index (χ0v) is 11.9. The van der Waals surface area contributed by atoms with Gasteiger partial charge in [-0.1, -0.05) is 24.3 Å². The summed E-state index contributed by atoms with van der Waals surface area (Å²) < 4.78 is 0. The molecule has 0 aliphatic heterocycles. The number of phenols is 1. The number of fused-ring (bicyclic) bond motifs is 1. The van der Waals surface area contributed by atoms with Crippen LogP contribution in [0.1, 0.15) is 0 Å². The first-order valence-corrected chi connectivity index (χ1v) is 6.83. The highest BCUT2D eigenvalue weighted by atomic mass is 32.1. The fraction of sp³-hybridized carbons (Fsp3) is 0. The van der Waals surface area contributed by atoms with Crippen LogP contribution in [0.5, 0.6) is 5.75 Å². The van der Waals surface area contributed by atoms with E-state index in [2.05, 4.69) is 15.6 Å². The van der Waals surface area contributed by atoms with E-state index in [9.17, 15) is 5.11 Å². The molecule has 0 spiro atoms. The maximum Gasteiger partial charge on any atom is 0.175 e. The molecule has 1 heterocycles. The number of anilines is 2. The van der Waals surface area contributed by atoms with E-state index in [0.717, 1.165) is 22.1 Å². The molecule has 3 aromatic rings. The average molecular weight is 295 g/mol. The molecule has 0 amide bonds. The minimum Gasteiger partial charge on any atom is -0.507 e. The number of aromatic hydroxyl groups is 1. The Balaban J connectivity index is 1.85. The third-order valence-corrected chi connectivity index (χ3v) is 3.27. The van der Waals surface area contributed by atoms with Crippen molar-refractivity contribution in [3.63, 3.8) is 0 Å². The van der Waals surface area contributed by atoms with Crippen molar-refractivity contribution in [2.45, 2.75) is 0 Å². The van der Waals surface area contributed by atoms with Crippen molar-refractivity contribution < 1.29 is 5.11 Å². The smallest absolute Gasteiger partial charge is 0.175 e. The second kappa shape index (κ2) is 5.76. The molecule has 2 aromatic carbocycles. The number of pyridine rings is 1. The van der Waals surface area contributed by atoms with E-state index >= 15 is 0 Å². The number of thiocarbonyl (C=S) groups is 1. The quantitative estimate of drug-likeness (QED) is 0.629. The molecule has 0 bridgehead atoms. The van der Waals surface area contributed by atoms with Crippen molar-refractivity contribution in [2.24, 2.45) is 0 Å². The second-order valence-electron chi connectivity index (χ2n) is 4.50. The van der Waals surface area contributed by atoms with Crippen LogP contribution in [0.3, 0.4) is 0 Å². The topological polar surface area (TPSA) is 57.2 Å². The molecule has 0 radical (unpaired) electrons. The van der Waals surface area contributed by atoms with Crippen molar-refractivity contribution in [2.75, 3.05) is 10.6 Å². The average Bonchev–Trinajstić information content (AvgIpc) is 2.49. The number of aromatic nitrogens is 1. The molecule has 0 aliphatic rings. The van der Waals surface area contributed by atoms with Gasteiger partial charge in [0.2, 0.25) is 0 Å². The molecule has 0 atom stereocenters. The Morgan fingerprint density at radius 1 is 0.952 bits per heavy atom. The van der Waals surface area contributed by atoms with Gasteiger partial charge in [-0.3, -0.25) is 4.98 Å². The van der Waals surface area contributed by atoms with Crippen LogP contribution in [0.25, 0.3) is 10.8 Å². The Labute approximate surface area is 127 Å². The summed E-state index contributed by atoms with van der Waals surface area (Å²) in [5.74, 6) is 0.252. The molecule has 0 aliphatic carbocycles. The van der Waals surface area contributed by atoms with E-state index in [1.54, 1.807) is 24.5 Å². The maximum atomic E-state index is 9.88. The molecule has 3 N–H and O–H groups in total. The van der Waals surface area contributed by atoms with Crippen LogP contribution < -0.4 is 10.6 Å². The summed E-state index contributed by atoms with van der Waals surface area (Å²) in [6.45, 7) is 0. The highest BCUT2D eigenvalue weighted by molar-refractivity contribution is 7.80. The number of phenolic OH excluding ortho intramolecular Hbond substituents is 1. The fourth-order valence-electron chi connectivity index (χ4n) is 2.12. The molecular weight excluding hydrogens is 282 g/mol. The lowest BCUT2D eigenvalue weighted by Crippen LogP contribution is -2.19. The fourth-order valence-corrected chi connectivity index (χ4v) is 2.35. The minimum absolute atomic E-state index is 0.252. The Morgan fingerprint density at radius 2 is 1.76 bits per heavy atom. The van der Waals surface area contributed by atoms with Gasteiger partial charge in [-0.2, -0.15) is 0 Å². The molecule has 0 saturated carbocycles. The van der Waals surface area contributed by atoms with E-state index in [-0.39, 0.29) is 5.75 Å². The highest BCUT2D eigenvalue weighted by Gasteiger charge is 2.05. The van der Waals surface area contributed by atoms with E-state index in [4.69, 9.17) is 12.2 Å². The first kappa shape index (κ1) is 13.3. The first-order valence-electron chi connectivity index (χ1n) is 6.43. The van der Waals surface area contributed by atoms with Crippen molar-refractivity contribution in [3.8, 4) is 5.75 Å². The molecule has 1 aromatic heterocycles. The molecular formula is C16H13N3OS. The third-order valence-electron chi connectivity index (χ3n) is 3.07. The molecule has 0 fully saturated rings. The Kier molecular flexibility index (Phi) is 3.66. The van der Waals surface area contributed by atoms with E-state index in [1.807, 2.05) is 36.4 Å². The zero-order valence-electron chi connectivity index (χ0n) is 11.1. The van der Waals surface area contributed by atoms with Crippen LogP contribution in [0.4, 0.5) is 11.4 Å². The molecule has 104 valence electrons. The predicted molar refractivity (Wildman–Crippen MR) is 89.7 cm³/mol. The Morgan fingerprint density at radius 3 is 2.57 bits per heavy atom. The lowest BCUT2D eigenvalue weighted by molar-refractivity contribution is 0.481. The largest absolute Gasteiger partial charge is 0.507 e. The summed E-state index contributed by atoms with van der Waals surface area (Å²) in [7, 11) is 0. The van der Waals surface area contributed by atoms with Gasteiger partial charge in [0.15, 0.2) is 5.11 Å². The number of rotatable bonds is 2. The molecule has 21 heavy (non-hydrogen) atoms. The third kappa shape index (κ3) is 2.93. The van der Waals surface area contributed by atoms with Crippen molar-refractivity contribution >= 4 is 39.5 Å². The summed E-state index contributed by atoms with van der Waals surface area (Å²) in [4.78, 5) is 4.02. The normalized spacial score (nSPS) is 10.3. The van der Waals surface area contributed by atoms with Crippen LogP contribution in [0.2, 0.25) is 0 Å². The number of hydrogen-bond donors (Lipinski definition) is 3. The molecule has 3 rings (SSSR count). The first-order chi connectivity index (χ1) is 10.2. The van der Waals surface area contributed by atoms with E-state index in [0.29, 0.717) is 5.11 Å². The number of nitrogens with one attached hydrogen (secondary N) is 2. The minimum atomic E-state index is 0.252. The van der Waals surface area contributed by atoms with Gasteiger partial charge in [0, 0.05) is 22.7 Å². The zero-order chi connectivity index (χ0) is 14.7. The van der Waals surface area contributed by atoms with E-state index in [1.165, 1.54) is 0 Å². The molecule has 4 nitrogen and oxygen atoms in total. The maximum absolute atomic E-state index is 9.88. The van der Waals surface area contributed by atoms with Gasteiger partial charge in [-0.25, -0.2) is 0 Å². The standard InChI is InChI=1S/C16H13N3OS/c20-15-8-2-5-12-13(15)6-1-7-14(12)19-16(21)18-11-4-3-9-17-10-11/h1-10,20H,(H2,18,19,21). The molecule has 0 unspecified atom stereocenters. The highest BCUT2D eigenvalue weighted by Crippen LogP contribution is 2.29. The van der Waals surface area contributed by atoms with Crippen LogP contribution >= 0.6 is 12.2 Å². The second-order valence-corrected chi connectivity index (χ2v) is 4.91. The van der Waals surface area contributed by atoms with Crippen molar-refractivity contribution in [1.82, 2.24) is 4.98 Å². The van der Waals surface area contributed by atoms with Gasteiger partial charge < -0.3 is 15.7 Å². The lowest BCUT2D eigenvalue weighted by Gasteiger charge is -2.12. The summed E-state index contributed by atoms with van der Waals surface area (Å²) in [5, 5.41) is 18.3. The molecule has 0 saturated heterocycles. The predicted octanol–water partition coefficient (Wildman–Crippen LogP) is 3.75. The van der Waals surface area contributed by atoms with Gasteiger partial charge in [0.25, 0.3) is 0 Å². The summed E-state index contributed by atoms with van der Waals surface area (Å²) >= 11 is 5.30. The van der Waals surface area contributed by atoms with Crippen LogP contribution in [-0.2, 0) is 0 Å². The monoisotopic (exact) mass is 295 g/mol. The van der Waals surface area contributed by atoms with Crippen LogP contribution in [0, 0.1) is 0 Å². The summed E-state index contributed by atoms with van der Waals surface area (Å²) in [5.41, 5.74) is 1.66. The Bertz CT molecular complexity index is 790. The van der Waals surface area contributed by atoms with Crippen LogP contribution in [0.15, 0.2) is 60.9 Å². The Hall–Kier alpha value is -2.66. The van der Waals surface area contributed by atoms with Gasteiger partial charge in [0.05, 0.1) is 11.9 Å². The number of benzene rings is 2. The van der Waals surface area contributed by atoms with Crippen LogP contribution in [-0.4, -0.2) is 15.2 Å². The van der Waals surface area contributed by atoms with Gasteiger partial charge in [-0.15, -0.1) is 0 Å². The lowest BCUT2D eigenvalue weighted by atomic mass is 10.1. The SMILES string of the molecule is Oc1cccc2c(NC(=S)Nc3cccnc3)cccc12. The van der Waals surface area contributed by atoms with Crippen molar-refractivity contribution in [3.05, 3.63) is 60.9 Å². The summed E-state index contributed by atoms with van der Waals surface area (Å²) in [6, 6.07) is 14.8. The van der Waals surface area contributed by atoms with E-state index < -0.39 is 0 Å². The van der Waals surface area contributed by atoms with Gasteiger partial charge in [-0.05, 0) is 36.5 Å². The summed E-state index contributed by atoms with van der Waals surface area (Å²) in [6.07, 6.45) is 3.40. The van der Waals surface area contributed by atoms with Gasteiger partial charge in [0.1, 0.15) is 5.75 Å². The van der Waals surface area contributed by atoms with Gasteiger partial charge >= 0.3 is 0 Å². The van der Waals surface area contributed by atoms with Crippen molar-refractivity contribution in [1.29, 1.82) is 0 Å².